The molecule has 35 heavy (non-hydrogen) atoms. The van der Waals surface area contributed by atoms with Crippen LogP contribution >= 0.6 is 0 Å². The predicted octanol–water partition coefficient (Wildman–Crippen LogP) is 1.69. The van der Waals surface area contributed by atoms with Gasteiger partial charge in [0.05, 0.1) is 17.9 Å². The van der Waals surface area contributed by atoms with Crippen molar-refractivity contribution < 1.29 is 23.1 Å². The molecule has 3 aromatic rings. The molecule has 0 radical (unpaired) electrons. The van der Waals surface area contributed by atoms with Crippen LogP contribution in [-0.2, 0) is 29.2 Å². The molecule has 3 rings (SSSR count). The van der Waals surface area contributed by atoms with Crippen LogP contribution in [0.5, 0.6) is 0 Å². The van der Waals surface area contributed by atoms with Gasteiger partial charge >= 0.3 is 6.09 Å². The van der Waals surface area contributed by atoms with Crippen molar-refractivity contribution in [3.63, 3.8) is 0 Å². The van der Waals surface area contributed by atoms with Crippen LogP contribution in [0.15, 0.2) is 41.3 Å². The molecular weight excluding hydrogens is 464 g/mol. The number of pyridine rings is 1. The summed E-state index contributed by atoms with van der Waals surface area (Å²) in [7, 11) is 0. The van der Waals surface area contributed by atoms with Crippen LogP contribution in [-0.4, -0.2) is 26.5 Å². The molecular formula is C22H23F2N7O4. The zero-order valence-electron chi connectivity index (χ0n) is 18.9. The fraction of sp³-hybridized carbons (Fsp3) is 0.227. The number of carbonyl (C=O) groups excluding carboxylic acids is 2. The van der Waals surface area contributed by atoms with Gasteiger partial charge in [-0.3, -0.25) is 24.6 Å². The lowest BCUT2D eigenvalue weighted by molar-refractivity contribution is -0.121. The van der Waals surface area contributed by atoms with Gasteiger partial charge in [-0.05, 0) is 43.7 Å². The van der Waals surface area contributed by atoms with E-state index in [0.717, 1.165) is 22.4 Å². The van der Waals surface area contributed by atoms with E-state index in [4.69, 9.17) is 10.5 Å². The standard InChI is InChI=1S/C22H23F2N7O4/c1-12-3-4-17(25)18(28-12)9-26-19(32)10-31-13(2)8-27-20(21(31)33)29-30-22(34)35-11-14-5-15(23)7-16(24)6-14/h3-8H,9-11,25H2,1-2H3,(H,26,32)(H,27,29)(H,30,34). The Kier molecular flexibility index (Phi) is 7.92. The topological polar surface area (TPSA) is 153 Å². The Bertz CT molecular complexity index is 1290. The third-order valence-electron chi connectivity index (χ3n) is 4.73. The number of hydrogen-bond acceptors (Lipinski definition) is 8. The summed E-state index contributed by atoms with van der Waals surface area (Å²) in [5, 5.41) is 2.65. The maximum atomic E-state index is 13.2. The number of aromatic nitrogens is 3. The van der Waals surface area contributed by atoms with Crippen LogP contribution in [0.3, 0.4) is 0 Å². The number of carbonyl (C=O) groups is 2. The first-order chi connectivity index (χ1) is 16.6. The van der Waals surface area contributed by atoms with Gasteiger partial charge in [0.2, 0.25) is 11.7 Å². The minimum atomic E-state index is -1.02. The van der Waals surface area contributed by atoms with Gasteiger partial charge in [-0.2, -0.15) is 0 Å². The summed E-state index contributed by atoms with van der Waals surface area (Å²) in [6.45, 7) is 2.74. The molecule has 0 spiro atoms. The van der Waals surface area contributed by atoms with Gasteiger partial charge in [-0.25, -0.2) is 24.0 Å². The SMILES string of the molecule is Cc1ccc(N)c(CNC(=O)Cn2c(C)cnc(NNC(=O)OCc3cc(F)cc(F)c3)c2=O)n1. The van der Waals surface area contributed by atoms with E-state index < -0.39 is 35.8 Å². The lowest BCUT2D eigenvalue weighted by Crippen LogP contribution is -2.38. The van der Waals surface area contributed by atoms with Crippen LogP contribution in [0.1, 0.15) is 22.6 Å². The number of nitrogens with one attached hydrogen (secondary N) is 3. The molecule has 11 nitrogen and oxygen atoms in total. The molecule has 5 N–H and O–H groups in total. The normalized spacial score (nSPS) is 10.5. The Labute approximate surface area is 198 Å². The van der Waals surface area contributed by atoms with Crippen molar-refractivity contribution in [2.75, 3.05) is 11.2 Å². The van der Waals surface area contributed by atoms with Gasteiger partial charge in [0.1, 0.15) is 24.8 Å². The van der Waals surface area contributed by atoms with Crippen LogP contribution in [0.25, 0.3) is 0 Å². The summed E-state index contributed by atoms with van der Waals surface area (Å²) in [6, 6.07) is 6.15. The molecule has 2 heterocycles. The largest absolute Gasteiger partial charge is 0.443 e. The summed E-state index contributed by atoms with van der Waals surface area (Å²) < 4.78 is 32.4. The van der Waals surface area contributed by atoms with Gasteiger partial charge in [0.15, 0.2) is 0 Å². The maximum Gasteiger partial charge on any atom is 0.426 e. The summed E-state index contributed by atoms with van der Waals surface area (Å²) in [5.74, 6) is -2.37. The van der Waals surface area contributed by atoms with Crippen LogP contribution < -0.4 is 27.5 Å². The molecule has 0 saturated heterocycles. The first-order valence-corrected chi connectivity index (χ1v) is 10.3. The third-order valence-corrected chi connectivity index (χ3v) is 4.73. The molecule has 184 valence electrons. The predicted molar refractivity (Wildman–Crippen MR) is 122 cm³/mol. The number of aryl methyl sites for hydroxylation is 2. The van der Waals surface area contributed by atoms with Crippen molar-refractivity contribution in [3.05, 3.63) is 81.2 Å². The second-order valence-corrected chi connectivity index (χ2v) is 7.51. The number of benzene rings is 1. The van der Waals surface area contributed by atoms with Gasteiger partial charge in [0, 0.05) is 23.7 Å². The van der Waals surface area contributed by atoms with Gasteiger partial charge < -0.3 is 15.8 Å². The molecule has 0 unspecified atom stereocenters. The van der Waals surface area contributed by atoms with E-state index in [0.29, 0.717) is 23.1 Å². The van der Waals surface area contributed by atoms with E-state index in [9.17, 15) is 23.2 Å². The van der Waals surface area contributed by atoms with Crippen molar-refractivity contribution in [1.29, 1.82) is 0 Å². The van der Waals surface area contributed by atoms with E-state index >= 15 is 0 Å². The average Bonchev–Trinajstić information content (AvgIpc) is 2.80. The maximum absolute atomic E-state index is 13.2. The minimum Gasteiger partial charge on any atom is -0.443 e. The van der Waals surface area contributed by atoms with E-state index in [1.165, 1.54) is 6.20 Å². The van der Waals surface area contributed by atoms with Gasteiger partial charge in [-0.1, -0.05) is 0 Å². The molecule has 13 heteroatoms. The molecule has 0 aliphatic rings. The van der Waals surface area contributed by atoms with Gasteiger partial charge in [0.25, 0.3) is 5.56 Å². The summed E-state index contributed by atoms with van der Waals surface area (Å²) in [6.07, 6.45) is 0.309. The molecule has 0 aliphatic heterocycles. The number of nitrogen functional groups attached to an aromatic ring is 1. The van der Waals surface area contributed by atoms with Gasteiger partial charge in [-0.15, -0.1) is 0 Å². The monoisotopic (exact) mass is 487 g/mol. The summed E-state index contributed by atoms with van der Waals surface area (Å²) in [4.78, 5) is 45.2. The zero-order chi connectivity index (χ0) is 25.5. The first kappa shape index (κ1) is 25.1. The highest BCUT2D eigenvalue weighted by Gasteiger charge is 2.13. The van der Waals surface area contributed by atoms with E-state index in [1.807, 2.05) is 0 Å². The van der Waals surface area contributed by atoms with Crippen LogP contribution in [0.2, 0.25) is 0 Å². The third kappa shape index (κ3) is 6.96. The number of nitrogens with two attached hydrogens (primary N) is 1. The molecule has 0 fully saturated rings. The van der Waals surface area contributed by atoms with Crippen molar-refractivity contribution in [3.8, 4) is 0 Å². The Hall–Kier alpha value is -4.55. The van der Waals surface area contributed by atoms with E-state index in [-0.39, 0.29) is 24.5 Å². The second kappa shape index (κ2) is 11.0. The molecule has 1 aromatic carbocycles. The highest BCUT2D eigenvalue weighted by molar-refractivity contribution is 5.76. The highest BCUT2D eigenvalue weighted by Crippen LogP contribution is 2.10. The highest BCUT2D eigenvalue weighted by atomic mass is 19.1. The lowest BCUT2D eigenvalue weighted by Gasteiger charge is -2.13. The number of nitrogens with zero attached hydrogens (tertiary/aromatic N) is 3. The molecule has 0 saturated carbocycles. The summed E-state index contributed by atoms with van der Waals surface area (Å²) >= 11 is 0. The van der Waals surface area contributed by atoms with Crippen molar-refractivity contribution >= 4 is 23.5 Å². The van der Waals surface area contributed by atoms with E-state index in [2.05, 4.69) is 26.1 Å². The molecule has 0 aliphatic carbocycles. The second-order valence-electron chi connectivity index (χ2n) is 7.51. The van der Waals surface area contributed by atoms with Crippen molar-refractivity contribution in [2.45, 2.75) is 33.5 Å². The first-order valence-electron chi connectivity index (χ1n) is 10.3. The molecule has 2 aromatic heterocycles. The number of hydrazine groups is 1. The van der Waals surface area contributed by atoms with Crippen molar-refractivity contribution in [1.82, 2.24) is 25.3 Å². The van der Waals surface area contributed by atoms with E-state index in [1.54, 1.807) is 26.0 Å². The van der Waals surface area contributed by atoms with Crippen LogP contribution in [0.4, 0.5) is 25.1 Å². The molecule has 2 amide bonds. The molecule has 0 atom stereocenters. The zero-order valence-corrected chi connectivity index (χ0v) is 18.9. The Morgan fingerprint density at radius 3 is 2.57 bits per heavy atom. The van der Waals surface area contributed by atoms with Crippen molar-refractivity contribution in [2.24, 2.45) is 0 Å². The number of ether oxygens (including phenoxy) is 1. The summed E-state index contributed by atoms with van der Waals surface area (Å²) in [5.41, 5.74) is 11.8. The number of anilines is 2. The Morgan fingerprint density at radius 1 is 1.14 bits per heavy atom. The fourth-order valence-corrected chi connectivity index (χ4v) is 2.99. The Morgan fingerprint density at radius 2 is 1.86 bits per heavy atom. The number of hydrogen-bond donors (Lipinski definition) is 4. The quantitative estimate of drug-likeness (QED) is 0.350. The fourth-order valence-electron chi connectivity index (χ4n) is 2.99. The smallest absolute Gasteiger partial charge is 0.426 e. The average molecular weight is 487 g/mol. The number of rotatable bonds is 8. The Balaban J connectivity index is 1.57. The number of amides is 2. The lowest BCUT2D eigenvalue weighted by atomic mass is 10.2. The number of halogens is 2. The van der Waals surface area contributed by atoms with Crippen LogP contribution in [0, 0.1) is 25.5 Å². The minimum absolute atomic E-state index is 0.0823. The molecule has 0 bridgehead atoms.